The quantitative estimate of drug-likeness (QED) is 0.401. The molecule has 1 amide bonds. The van der Waals surface area contributed by atoms with Crippen LogP contribution in [0.15, 0.2) is 61.1 Å². The van der Waals surface area contributed by atoms with Crippen molar-refractivity contribution in [2.24, 2.45) is 16.7 Å². The number of ether oxygens (including phenoxy) is 1. The summed E-state index contributed by atoms with van der Waals surface area (Å²) in [5.74, 6) is 0.0394. The van der Waals surface area contributed by atoms with Crippen molar-refractivity contribution in [3.63, 3.8) is 0 Å². The van der Waals surface area contributed by atoms with Gasteiger partial charge in [-0.05, 0) is 29.7 Å². The van der Waals surface area contributed by atoms with Gasteiger partial charge in [0.05, 0.1) is 36.4 Å². The van der Waals surface area contributed by atoms with Crippen molar-refractivity contribution in [2.75, 3.05) is 39.3 Å². The summed E-state index contributed by atoms with van der Waals surface area (Å²) < 4.78 is 44.9. The average molecular weight is 554 g/mol. The van der Waals surface area contributed by atoms with Crippen molar-refractivity contribution in [1.29, 1.82) is 0 Å². The molecule has 0 bridgehead atoms. The van der Waals surface area contributed by atoms with Crippen LogP contribution in [0.1, 0.15) is 42.5 Å². The summed E-state index contributed by atoms with van der Waals surface area (Å²) in [4.78, 5) is 30.3. The number of carbonyl (C=O) groups excluding carboxylic acids is 1. The normalized spacial score (nSPS) is 19.1. The molecule has 7 nitrogen and oxygen atoms in total. The highest BCUT2D eigenvalue weighted by Crippen LogP contribution is 2.45. The Labute approximate surface area is 232 Å². The second-order valence-corrected chi connectivity index (χ2v) is 12.1. The van der Waals surface area contributed by atoms with E-state index in [0.717, 1.165) is 31.8 Å². The van der Waals surface area contributed by atoms with E-state index in [1.807, 2.05) is 17.0 Å². The maximum Gasteiger partial charge on any atom is 0.416 e. The summed E-state index contributed by atoms with van der Waals surface area (Å²) in [5, 5.41) is 0. The van der Waals surface area contributed by atoms with Crippen LogP contribution in [-0.4, -0.2) is 70.0 Å². The van der Waals surface area contributed by atoms with Crippen LogP contribution in [0.4, 0.5) is 13.2 Å². The number of hydrogen-bond acceptors (Lipinski definition) is 6. The number of likely N-dealkylation sites (tertiary alicyclic amines) is 2. The monoisotopic (exact) mass is 553 g/mol. The van der Waals surface area contributed by atoms with E-state index in [-0.39, 0.29) is 29.3 Å². The van der Waals surface area contributed by atoms with Crippen LogP contribution in [0.3, 0.4) is 0 Å². The number of rotatable bonds is 7. The Morgan fingerprint density at radius 2 is 1.80 bits per heavy atom. The predicted molar refractivity (Wildman–Crippen MR) is 144 cm³/mol. The molecule has 2 aromatic heterocycles. The molecule has 2 aliphatic heterocycles. The van der Waals surface area contributed by atoms with Gasteiger partial charge in [0, 0.05) is 62.0 Å². The summed E-state index contributed by atoms with van der Waals surface area (Å²) in [6.07, 6.45) is 0.203. The smallest absolute Gasteiger partial charge is 0.375 e. The first kappa shape index (κ1) is 28.2. The molecule has 1 spiro atoms. The van der Waals surface area contributed by atoms with Gasteiger partial charge in [0.1, 0.15) is 5.69 Å². The maximum atomic E-state index is 13.2. The molecule has 10 heteroatoms. The van der Waals surface area contributed by atoms with Gasteiger partial charge in [-0.25, -0.2) is 4.98 Å². The van der Waals surface area contributed by atoms with Crippen molar-refractivity contribution in [3.8, 4) is 11.3 Å². The van der Waals surface area contributed by atoms with Crippen LogP contribution in [0, 0.1) is 16.7 Å². The molecule has 1 atom stereocenters. The minimum Gasteiger partial charge on any atom is -0.375 e. The lowest BCUT2D eigenvalue weighted by Crippen LogP contribution is -2.62. The van der Waals surface area contributed by atoms with Gasteiger partial charge in [0.15, 0.2) is 0 Å². The Kier molecular flexibility index (Phi) is 7.67. The van der Waals surface area contributed by atoms with Crippen LogP contribution in [0.25, 0.3) is 11.3 Å². The number of aromatic nitrogens is 3. The molecule has 1 aromatic carbocycles. The number of amides is 1. The number of pyridine rings is 1. The Balaban J connectivity index is 1.24. The summed E-state index contributed by atoms with van der Waals surface area (Å²) in [6, 6.07) is 10.4. The minimum absolute atomic E-state index is 0.0430. The molecule has 4 heterocycles. The van der Waals surface area contributed by atoms with Crippen molar-refractivity contribution >= 4 is 5.91 Å². The van der Waals surface area contributed by atoms with Crippen LogP contribution in [-0.2, 0) is 17.5 Å². The van der Waals surface area contributed by atoms with Crippen LogP contribution >= 0.6 is 0 Å². The van der Waals surface area contributed by atoms with Crippen molar-refractivity contribution in [1.82, 2.24) is 24.8 Å². The lowest BCUT2D eigenvalue weighted by molar-refractivity contribution is -0.137. The number of carbonyl (C=O) groups is 1. The molecular formula is C30H34F3N5O2. The van der Waals surface area contributed by atoms with E-state index in [1.54, 1.807) is 12.3 Å². The molecule has 2 saturated heterocycles. The molecule has 1 unspecified atom stereocenters. The fraction of sp³-hybridized carbons (Fsp3) is 0.467. The zero-order valence-electron chi connectivity index (χ0n) is 23.0. The van der Waals surface area contributed by atoms with Crippen molar-refractivity contribution in [2.45, 2.75) is 33.6 Å². The fourth-order valence-electron chi connectivity index (χ4n) is 5.83. The van der Waals surface area contributed by atoms with Crippen LogP contribution in [0.5, 0.6) is 0 Å². The zero-order valence-corrected chi connectivity index (χ0v) is 23.0. The highest BCUT2D eigenvalue weighted by atomic mass is 19.4. The number of hydrogen-bond donors (Lipinski definition) is 0. The third kappa shape index (κ3) is 6.33. The Hall–Kier alpha value is -3.37. The molecule has 2 aliphatic rings. The van der Waals surface area contributed by atoms with E-state index in [9.17, 15) is 18.0 Å². The molecular weight excluding hydrogens is 519 g/mol. The summed E-state index contributed by atoms with van der Waals surface area (Å²) in [6.45, 7) is 11.4. The first-order valence-electron chi connectivity index (χ1n) is 13.4. The second kappa shape index (κ2) is 10.9. The van der Waals surface area contributed by atoms with Crippen LogP contribution < -0.4 is 0 Å². The van der Waals surface area contributed by atoms with Gasteiger partial charge in [-0.3, -0.25) is 14.8 Å². The van der Waals surface area contributed by atoms with E-state index in [0.29, 0.717) is 42.3 Å². The first-order valence-corrected chi connectivity index (χ1v) is 13.4. The number of nitrogens with zero attached hydrogens (tertiary/aromatic N) is 5. The third-order valence-corrected chi connectivity index (χ3v) is 7.54. The topological polar surface area (TPSA) is 71.5 Å². The fourth-order valence-corrected chi connectivity index (χ4v) is 5.83. The highest BCUT2D eigenvalue weighted by Gasteiger charge is 2.55. The Bertz CT molecular complexity index is 1320. The summed E-state index contributed by atoms with van der Waals surface area (Å²) in [7, 11) is 0. The molecule has 40 heavy (non-hydrogen) atoms. The molecule has 212 valence electrons. The summed E-state index contributed by atoms with van der Waals surface area (Å²) in [5.41, 5.74) is 1.68. The van der Waals surface area contributed by atoms with Crippen molar-refractivity contribution in [3.05, 3.63) is 78.0 Å². The van der Waals surface area contributed by atoms with Crippen LogP contribution in [0.2, 0.25) is 0 Å². The van der Waals surface area contributed by atoms with Crippen molar-refractivity contribution < 1.29 is 22.7 Å². The molecule has 0 N–H and O–H groups in total. The number of benzene rings is 1. The molecule has 5 rings (SSSR count). The second-order valence-electron chi connectivity index (χ2n) is 12.1. The largest absolute Gasteiger partial charge is 0.416 e. The first-order chi connectivity index (χ1) is 18.9. The van der Waals surface area contributed by atoms with Gasteiger partial charge in [-0.1, -0.05) is 39.0 Å². The minimum atomic E-state index is -4.38. The van der Waals surface area contributed by atoms with E-state index in [4.69, 9.17) is 4.74 Å². The van der Waals surface area contributed by atoms with E-state index in [1.165, 1.54) is 24.5 Å². The zero-order chi connectivity index (χ0) is 28.5. The molecule has 0 aliphatic carbocycles. The van der Waals surface area contributed by atoms with E-state index in [2.05, 4.69) is 40.6 Å². The average Bonchev–Trinajstić information content (AvgIpc) is 3.27. The van der Waals surface area contributed by atoms with Gasteiger partial charge < -0.3 is 14.5 Å². The molecule has 3 aromatic rings. The van der Waals surface area contributed by atoms with E-state index >= 15 is 0 Å². The summed E-state index contributed by atoms with van der Waals surface area (Å²) >= 11 is 0. The SMILES string of the molecule is CC(C)(C)CN1CC2(C1)CN(C(=O)c1cnccn1)CC2COCc1cccc(-c2ccc(C(F)(F)F)cc2)n1. The number of halogens is 3. The number of alkyl halides is 3. The van der Waals surface area contributed by atoms with E-state index < -0.39 is 11.7 Å². The molecule has 0 radical (unpaired) electrons. The maximum absolute atomic E-state index is 13.2. The standard InChI is InChI=1S/C30H34F3N5O2/c1-28(2,3)17-37-18-29(19-37)20-38(27(39)26-13-34-11-12-35-26)14-23(29)15-40-16-24-5-4-6-25(36-24)21-7-9-22(10-8-21)30(31,32)33/h4-13,23H,14-20H2,1-3H3. The van der Waals surface area contributed by atoms with Gasteiger partial charge >= 0.3 is 6.18 Å². The van der Waals surface area contributed by atoms with Gasteiger partial charge in [-0.15, -0.1) is 0 Å². The molecule has 2 fully saturated rings. The Morgan fingerprint density at radius 3 is 2.45 bits per heavy atom. The Morgan fingerprint density at radius 1 is 1.05 bits per heavy atom. The highest BCUT2D eigenvalue weighted by molar-refractivity contribution is 5.92. The molecule has 0 saturated carbocycles. The third-order valence-electron chi connectivity index (χ3n) is 7.54. The van der Waals surface area contributed by atoms with Gasteiger partial charge in [0.2, 0.25) is 0 Å². The lowest BCUT2D eigenvalue weighted by atomic mass is 9.71. The predicted octanol–water partition coefficient (Wildman–Crippen LogP) is 5.19. The van der Waals surface area contributed by atoms with Gasteiger partial charge in [0.25, 0.3) is 5.91 Å². The van der Waals surface area contributed by atoms with Gasteiger partial charge in [-0.2, -0.15) is 13.2 Å². The lowest BCUT2D eigenvalue weighted by Gasteiger charge is -2.52.